The summed E-state index contributed by atoms with van der Waals surface area (Å²) >= 11 is 0. The SMILES string of the molecule is C/C=C1\CN(C)[C@H]2Cc3c([nH]c4ccccc34)C(=O)C[C@@H]1[C@]2(COC(C)=O)C(=O)OC. The van der Waals surface area contributed by atoms with Gasteiger partial charge in [0, 0.05) is 42.8 Å². The number of nitrogens with zero attached hydrogens (tertiary/aromatic N) is 1. The van der Waals surface area contributed by atoms with Crippen LogP contribution in [-0.2, 0) is 25.5 Å². The van der Waals surface area contributed by atoms with E-state index in [9.17, 15) is 14.4 Å². The average molecular weight is 424 g/mol. The Bertz CT molecular complexity index is 1080. The van der Waals surface area contributed by atoms with Crippen LogP contribution in [0, 0.1) is 11.3 Å². The van der Waals surface area contributed by atoms with E-state index in [0.717, 1.165) is 22.0 Å². The molecule has 7 nitrogen and oxygen atoms in total. The highest BCUT2D eigenvalue weighted by Gasteiger charge is 2.60. The summed E-state index contributed by atoms with van der Waals surface area (Å²) in [6, 6.07) is 7.51. The number of aromatic nitrogens is 1. The van der Waals surface area contributed by atoms with Gasteiger partial charge in [0.2, 0.25) is 0 Å². The lowest BCUT2D eigenvalue weighted by Crippen LogP contribution is -2.64. The maximum absolute atomic E-state index is 13.5. The summed E-state index contributed by atoms with van der Waals surface area (Å²) in [7, 11) is 3.31. The van der Waals surface area contributed by atoms with Gasteiger partial charge in [-0.1, -0.05) is 29.8 Å². The van der Waals surface area contributed by atoms with Gasteiger partial charge in [0.15, 0.2) is 5.78 Å². The number of allylic oxidation sites excluding steroid dienone is 1. The standard InChI is InChI=1S/C24H28N2O5/c1-5-15-12-26(3)21-10-17-16-8-6-7-9-19(16)25-22(17)20(28)11-18(15)24(21,23(29)30-4)13-31-14(2)27/h5-9,18,21,25H,10-13H2,1-4H3/b15-5+/t18-,21-,24-/m0/s1. The van der Waals surface area contributed by atoms with Gasteiger partial charge in [-0.3, -0.25) is 19.3 Å². The summed E-state index contributed by atoms with van der Waals surface area (Å²) in [5, 5.41) is 0.973. The van der Waals surface area contributed by atoms with Crippen LogP contribution in [0.25, 0.3) is 10.9 Å². The minimum atomic E-state index is -1.18. The summed E-state index contributed by atoms with van der Waals surface area (Å²) in [5.41, 5.74) is 2.20. The number of carbonyl (C=O) groups excluding carboxylic acids is 3. The molecular formula is C24H28N2O5. The molecular weight excluding hydrogens is 396 g/mol. The zero-order valence-electron chi connectivity index (χ0n) is 18.4. The van der Waals surface area contributed by atoms with E-state index in [1.54, 1.807) is 0 Å². The predicted octanol–water partition coefficient (Wildman–Crippen LogP) is 2.90. The first-order valence-corrected chi connectivity index (χ1v) is 10.5. The number of benzene rings is 1. The van der Waals surface area contributed by atoms with Gasteiger partial charge in [-0.2, -0.15) is 0 Å². The molecule has 3 atom stereocenters. The molecule has 1 aliphatic carbocycles. The number of ether oxygens (including phenoxy) is 2. The summed E-state index contributed by atoms with van der Waals surface area (Å²) in [6.45, 7) is 3.74. The molecule has 31 heavy (non-hydrogen) atoms. The number of hydrogen-bond acceptors (Lipinski definition) is 6. The lowest BCUT2D eigenvalue weighted by Gasteiger charge is -2.52. The van der Waals surface area contributed by atoms with Gasteiger partial charge in [-0.25, -0.2) is 0 Å². The van der Waals surface area contributed by atoms with Crippen LogP contribution >= 0.6 is 0 Å². The Labute approximate surface area is 181 Å². The fraction of sp³-hybridized carbons (Fsp3) is 0.458. The number of hydrogen-bond donors (Lipinski definition) is 1. The summed E-state index contributed by atoms with van der Waals surface area (Å²) in [6.07, 6.45) is 2.56. The van der Waals surface area contributed by atoms with Crippen molar-refractivity contribution in [1.82, 2.24) is 9.88 Å². The van der Waals surface area contributed by atoms with Crippen LogP contribution in [0.1, 0.15) is 36.3 Å². The number of likely N-dealkylation sites (N-methyl/N-ethyl adjacent to an activating group) is 1. The molecule has 1 N–H and O–H groups in total. The van der Waals surface area contributed by atoms with Crippen molar-refractivity contribution in [3.8, 4) is 0 Å². The number of likely N-dealkylation sites (tertiary alicyclic amines) is 1. The van der Waals surface area contributed by atoms with Crippen LogP contribution in [0.15, 0.2) is 35.9 Å². The van der Waals surface area contributed by atoms with Crippen LogP contribution in [-0.4, -0.2) is 61.0 Å². The summed E-state index contributed by atoms with van der Waals surface area (Å²) < 4.78 is 10.7. The minimum Gasteiger partial charge on any atom is -0.468 e. The monoisotopic (exact) mass is 424 g/mol. The highest BCUT2D eigenvalue weighted by molar-refractivity contribution is 6.03. The number of methoxy groups -OCH3 is 1. The van der Waals surface area contributed by atoms with E-state index in [4.69, 9.17) is 9.47 Å². The number of fused-ring (bicyclic) bond motifs is 5. The largest absolute Gasteiger partial charge is 0.468 e. The zero-order valence-corrected chi connectivity index (χ0v) is 18.4. The van der Waals surface area contributed by atoms with Crippen molar-refractivity contribution in [2.45, 2.75) is 32.7 Å². The Morgan fingerprint density at radius 2 is 2.03 bits per heavy atom. The number of esters is 2. The van der Waals surface area contributed by atoms with Crippen molar-refractivity contribution in [1.29, 1.82) is 0 Å². The normalized spacial score (nSPS) is 27.5. The summed E-state index contributed by atoms with van der Waals surface area (Å²) in [5.74, 6) is -1.38. The third-order valence-electron chi connectivity index (χ3n) is 6.96. The average Bonchev–Trinajstić information content (AvgIpc) is 3.12. The third-order valence-corrected chi connectivity index (χ3v) is 6.96. The number of para-hydroxylation sites is 1. The Morgan fingerprint density at radius 3 is 2.71 bits per heavy atom. The van der Waals surface area contributed by atoms with E-state index in [1.807, 2.05) is 44.3 Å². The van der Waals surface area contributed by atoms with Crippen molar-refractivity contribution in [3.05, 3.63) is 47.2 Å². The van der Waals surface area contributed by atoms with E-state index in [-0.39, 0.29) is 24.9 Å². The number of ketones is 1. The molecule has 1 aromatic heterocycles. The number of Topliss-reactive ketones (excluding diaryl/α,β-unsaturated/α-hetero) is 1. The van der Waals surface area contributed by atoms with E-state index in [0.29, 0.717) is 18.7 Å². The molecule has 1 fully saturated rings. The molecule has 7 heteroatoms. The Balaban J connectivity index is 1.97. The second kappa shape index (κ2) is 7.96. The number of aromatic amines is 1. The predicted molar refractivity (Wildman–Crippen MR) is 116 cm³/mol. The number of H-pyrrole nitrogens is 1. The second-order valence-electron chi connectivity index (χ2n) is 8.51. The maximum atomic E-state index is 13.5. The van der Waals surface area contributed by atoms with Gasteiger partial charge in [0.1, 0.15) is 12.0 Å². The number of nitrogens with one attached hydrogen (secondary N) is 1. The molecule has 0 spiro atoms. The molecule has 1 aliphatic heterocycles. The number of rotatable bonds is 3. The molecule has 2 aliphatic rings. The highest BCUT2D eigenvalue weighted by Crippen LogP contribution is 2.49. The molecule has 2 heterocycles. The van der Waals surface area contributed by atoms with Crippen LogP contribution in [0.4, 0.5) is 0 Å². The van der Waals surface area contributed by atoms with Gasteiger partial charge < -0.3 is 14.5 Å². The minimum absolute atomic E-state index is 0.0466. The van der Waals surface area contributed by atoms with Gasteiger partial charge >= 0.3 is 11.9 Å². The van der Waals surface area contributed by atoms with Gasteiger partial charge in [0.25, 0.3) is 0 Å². The van der Waals surface area contributed by atoms with Gasteiger partial charge in [-0.05, 0) is 32.0 Å². The van der Waals surface area contributed by atoms with E-state index >= 15 is 0 Å². The van der Waals surface area contributed by atoms with E-state index in [2.05, 4.69) is 9.88 Å². The maximum Gasteiger partial charge on any atom is 0.317 e. The third kappa shape index (κ3) is 3.28. The molecule has 4 rings (SSSR count). The molecule has 164 valence electrons. The molecule has 0 radical (unpaired) electrons. The first kappa shape index (κ1) is 21.3. The number of piperidine rings is 1. The van der Waals surface area contributed by atoms with Crippen LogP contribution in [0.3, 0.4) is 0 Å². The molecule has 0 saturated carbocycles. The van der Waals surface area contributed by atoms with E-state index < -0.39 is 23.3 Å². The topological polar surface area (TPSA) is 88.7 Å². The highest BCUT2D eigenvalue weighted by atomic mass is 16.5. The lowest BCUT2D eigenvalue weighted by atomic mass is 9.60. The van der Waals surface area contributed by atoms with Crippen LogP contribution in [0.2, 0.25) is 0 Å². The van der Waals surface area contributed by atoms with Crippen molar-refractivity contribution >= 4 is 28.6 Å². The molecule has 1 saturated heterocycles. The molecule has 0 unspecified atom stereocenters. The lowest BCUT2D eigenvalue weighted by molar-refractivity contribution is -0.174. The van der Waals surface area contributed by atoms with Crippen LogP contribution in [0.5, 0.6) is 0 Å². The van der Waals surface area contributed by atoms with Crippen molar-refractivity contribution < 1.29 is 23.9 Å². The zero-order chi connectivity index (χ0) is 22.3. The second-order valence-corrected chi connectivity index (χ2v) is 8.51. The fourth-order valence-electron chi connectivity index (χ4n) is 5.48. The smallest absolute Gasteiger partial charge is 0.317 e. The van der Waals surface area contributed by atoms with Crippen molar-refractivity contribution in [3.63, 3.8) is 0 Å². The first-order valence-electron chi connectivity index (χ1n) is 10.5. The quantitative estimate of drug-likeness (QED) is 0.602. The van der Waals surface area contributed by atoms with Crippen LogP contribution < -0.4 is 0 Å². The molecule has 2 aromatic rings. The molecule has 0 amide bonds. The molecule has 2 bridgehead atoms. The van der Waals surface area contributed by atoms with E-state index in [1.165, 1.54) is 14.0 Å². The Hall–Kier alpha value is -2.93. The van der Waals surface area contributed by atoms with Gasteiger partial charge in [0.05, 0.1) is 12.8 Å². The first-order chi connectivity index (χ1) is 14.8. The fourth-order valence-corrected chi connectivity index (χ4v) is 5.48. The summed E-state index contributed by atoms with van der Waals surface area (Å²) in [4.78, 5) is 44.1. The Morgan fingerprint density at radius 1 is 1.29 bits per heavy atom. The molecule has 1 aromatic carbocycles. The van der Waals surface area contributed by atoms with Crippen molar-refractivity contribution in [2.75, 3.05) is 27.3 Å². The van der Waals surface area contributed by atoms with Gasteiger partial charge in [-0.15, -0.1) is 0 Å². The van der Waals surface area contributed by atoms with Crippen molar-refractivity contribution in [2.24, 2.45) is 11.3 Å². The number of carbonyl (C=O) groups is 3. The Kier molecular flexibility index (Phi) is 5.47.